The van der Waals surface area contributed by atoms with Crippen LogP contribution in [0.25, 0.3) is 27.7 Å². The van der Waals surface area contributed by atoms with Crippen molar-refractivity contribution in [3.05, 3.63) is 81.8 Å². The zero-order valence-electron chi connectivity index (χ0n) is 24.6. The van der Waals surface area contributed by atoms with Gasteiger partial charge in [0.05, 0.1) is 34.0 Å². The fourth-order valence-electron chi connectivity index (χ4n) is 6.20. The van der Waals surface area contributed by atoms with Crippen molar-refractivity contribution < 1.29 is 19.1 Å². The second-order valence-electron chi connectivity index (χ2n) is 11.4. The summed E-state index contributed by atoms with van der Waals surface area (Å²) in [6, 6.07) is 6.46. The molecule has 6 rings (SSSR count). The fraction of sp³-hybridized carbons (Fsp3) is 0.281. The number of aryl methyl sites for hydroxylation is 1. The maximum atomic E-state index is 17.3. The summed E-state index contributed by atoms with van der Waals surface area (Å²) < 4.78 is 18.4. The van der Waals surface area contributed by atoms with E-state index in [1.807, 2.05) is 20.8 Å². The molecule has 1 saturated heterocycles. The molecule has 0 aliphatic carbocycles. The fourth-order valence-corrected chi connectivity index (χ4v) is 6.53. The van der Waals surface area contributed by atoms with Gasteiger partial charge in [0, 0.05) is 29.9 Å². The van der Waals surface area contributed by atoms with Gasteiger partial charge in [0.1, 0.15) is 23.1 Å². The van der Waals surface area contributed by atoms with Crippen molar-refractivity contribution in [2.45, 2.75) is 45.7 Å². The number of phenolic OH excluding ortho intramolecular Hbond substituents is 1. The van der Waals surface area contributed by atoms with Gasteiger partial charge in [-0.2, -0.15) is 4.98 Å². The first-order valence-electron chi connectivity index (χ1n) is 14.2. The summed E-state index contributed by atoms with van der Waals surface area (Å²) in [5.74, 6) is -2.07. The van der Waals surface area contributed by atoms with E-state index in [9.17, 15) is 19.5 Å². The van der Waals surface area contributed by atoms with E-state index >= 15 is 4.39 Å². The first kappa shape index (κ1) is 29.3. The largest absolute Gasteiger partial charge is 0.507 e. The lowest BCUT2D eigenvalue weighted by atomic mass is 9.98. The molecule has 2 unspecified atom stereocenters. The van der Waals surface area contributed by atoms with E-state index in [1.165, 1.54) is 27.7 Å². The number of nitrogens with one attached hydrogen (secondary N) is 1. The number of phenols is 1. The number of para-hydroxylation sites is 1. The van der Waals surface area contributed by atoms with Crippen LogP contribution in [-0.4, -0.2) is 61.5 Å². The highest BCUT2D eigenvalue weighted by Gasteiger charge is 2.43. The third-order valence-corrected chi connectivity index (χ3v) is 8.69. The van der Waals surface area contributed by atoms with E-state index in [0.29, 0.717) is 16.9 Å². The van der Waals surface area contributed by atoms with Crippen LogP contribution in [-0.2, 0) is 9.59 Å². The quantitative estimate of drug-likeness (QED) is 0.312. The van der Waals surface area contributed by atoms with Crippen LogP contribution in [0, 0.1) is 12.7 Å². The minimum atomic E-state index is -0.965. The maximum Gasteiger partial charge on any atom is 0.354 e. The second kappa shape index (κ2) is 10.7. The molecule has 2 amide bonds. The number of hydrogen-bond acceptors (Lipinski definition) is 7. The SMILES string of the molecule is C=CC(=O)N1CC2C(=O)Nc3c(Cl)c(-c4ccccc4O)c(F)c4c3c(nc(=O)n4-c3c(C)ccnc3C(C)C)N2CC1C. The Labute approximate surface area is 257 Å². The molecule has 2 atom stereocenters. The molecule has 2 aromatic carbocycles. The molecular formula is C32H30ClFN6O4. The highest BCUT2D eigenvalue weighted by molar-refractivity contribution is 6.39. The third-order valence-electron chi connectivity index (χ3n) is 8.31. The molecule has 0 bridgehead atoms. The number of benzene rings is 2. The van der Waals surface area contributed by atoms with Gasteiger partial charge < -0.3 is 20.2 Å². The number of carbonyl (C=O) groups excluding carboxylic acids is 2. The van der Waals surface area contributed by atoms with Gasteiger partial charge in [-0.15, -0.1) is 0 Å². The number of fused-ring (bicyclic) bond motifs is 2. The number of hydrogen-bond donors (Lipinski definition) is 2. The number of amides is 2. The summed E-state index contributed by atoms with van der Waals surface area (Å²) >= 11 is 6.93. The van der Waals surface area contributed by atoms with E-state index in [2.05, 4.69) is 21.9 Å². The minimum Gasteiger partial charge on any atom is -0.507 e. The molecule has 2 aliphatic rings. The summed E-state index contributed by atoms with van der Waals surface area (Å²) in [6.45, 7) is 11.1. The molecule has 44 heavy (non-hydrogen) atoms. The van der Waals surface area contributed by atoms with Gasteiger partial charge in [-0.05, 0) is 43.5 Å². The van der Waals surface area contributed by atoms with E-state index in [4.69, 9.17) is 11.6 Å². The number of aromatic nitrogens is 3. The van der Waals surface area contributed by atoms with Crippen molar-refractivity contribution in [3.63, 3.8) is 0 Å². The molecule has 2 aromatic heterocycles. The number of carbonyl (C=O) groups is 2. The zero-order chi connectivity index (χ0) is 31.6. The number of rotatable bonds is 4. The minimum absolute atomic E-state index is 0.0241. The zero-order valence-corrected chi connectivity index (χ0v) is 25.3. The Morgan fingerprint density at radius 2 is 1.95 bits per heavy atom. The molecule has 4 aromatic rings. The van der Waals surface area contributed by atoms with E-state index in [-0.39, 0.29) is 75.3 Å². The third kappa shape index (κ3) is 4.33. The summed E-state index contributed by atoms with van der Waals surface area (Å²) in [7, 11) is 0. The Bertz CT molecular complexity index is 1960. The molecule has 2 N–H and O–H groups in total. The Morgan fingerprint density at radius 1 is 1.23 bits per heavy atom. The number of anilines is 2. The molecule has 0 saturated carbocycles. The highest BCUT2D eigenvalue weighted by atomic mass is 35.5. The molecular weight excluding hydrogens is 587 g/mol. The number of halogens is 2. The van der Waals surface area contributed by atoms with E-state index < -0.39 is 23.5 Å². The van der Waals surface area contributed by atoms with Gasteiger partial charge in [0.25, 0.3) is 0 Å². The topological polar surface area (TPSA) is 121 Å². The molecule has 1 fully saturated rings. The van der Waals surface area contributed by atoms with Crippen molar-refractivity contribution in [2.75, 3.05) is 23.3 Å². The van der Waals surface area contributed by atoms with Gasteiger partial charge in [0.2, 0.25) is 11.8 Å². The Hall–Kier alpha value is -4.77. The standard InChI is InChI=1S/C32H30ClFN6O4/c1-6-21(42)38-14-19-31(43)36-27-23-29(25(34)22(24(27)33)18-9-7-8-10-20(18)41)40(28-16(4)11-12-35-26(28)15(2)3)32(44)37-30(23)39(19)13-17(38)5/h6-12,15,17,19,41H,1,13-14H2,2-5H3,(H,36,43). The number of piperazine rings is 1. The molecule has 2 aliphatic heterocycles. The van der Waals surface area contributed by atoms with Crippen LogP contribution in [0.4, 0.5) is 15.9 Å². The molecule has 12 heteroatoms. The van der Waals surface area contributed by atoms with Gasteiger partial charge in [-0.3, -0.25) is 19.1 Å². The van der Waals surface area contributed by atoms with Crippen molar-refractivity contribution in [1.82, 2.24) is 19.4 Å². The first-order valence-corrected chi connectivity index (χ1v) is 14.6. The Balaban J connectivity index is 1.78. The molecule has 0 radical (unpaired) electrons. The normalized spacial score (nSPS) is 17.8. The van der Waals surface area contributed by atoms with Crippen molar-refractivity contribution in [1.29, 1.82) is 0 Å². The number of aromatic hydroxyl groups is 1. The summed E-state index contributed by atoms with van der Waals surface area (Å²) in [6.07, 6.45) is 2.81. The van der Waals surface area contributed by atoms with Crippen LogP contribution >= 0.6 is 11.6 Å². The number of pyridine rings is 1. The Morgan fingerprint density at radius 3 is 2.64 bits per heavy atom. The van der Waals surface area contributed by atoms with Crippen LogP contribution in [0.3, 0.4) is 0 Å². The van der Waals surface area contributed by atoms with Crippen LogP contribution < -0.4 is 15.9 Å². The molecule has 0 spiro atoms. The first-order chi connectivity index (χ1) is 21.0. The van der Waals surface area contributed by atoms with Crippen LogP contribution in [0.15, 0.2) is 54.0 Å². The average molecular weight is 617 g/mol. The smallest absolute Gasteiger partial charge is 0.354 e. The van der Waals surface area contributed by atoms with Crippen LogP contribution in [0.5, 0.6) is 5.75 Å². The molecule has 226 valence electrons. The van der Waals surface area contributed by atoms with Gasteiger partial charge in [-0.1, -0.05) is 50.2 Å². The highest BCUT2D eigenvalue weighted by Crippen LogP contribution is 2.49. The Kier molecular flexibility index (Phi) is 7.16. The monoisotopic (exact) mass is 616 g/mol. The second-order valence-corrected chi connectivity index (χ2v) is 11.8. The summed E-state index contributed by atoms with van der Waals surface area (Å²) in [5.41, 5.74) is 0.531. The van der Waals surface area contributed by atoms with Crippen molar-refractivity contribution >= 4 is 45.8 Å². The average Bonchev–Trinajstić information content (AvgIpc) is 3.10. The van der Waals surface area contributed by atoms with E-state index in [0.717, 1.165) is 0 Å². The number of nitrogens with zero attached hydrogens (tertiary/aromatic N) is 5. The van der Waals surface area contributed by atoms with Gasteiger partial charge >= 0.3 is 5.69 Å². The van der Waals surface area contributed by atoms with Crippen LogP contribution in [0.2, 0.25) is 5.02 Å². The molecule has 4 heterocycles. The van der Waals surface area contributed by atoms with Gasteiger partial charge in [-0.25, -0.2) is 9.18 Å². The maximum absolute atomic E-state index is 17.3. The van der Waals surface area contributed by atoms with Crippen molar-refractivity contribution in [2.24, 2.45) is 0 Å². The van der Waals surface area contributed by atoms with Gasteiger partial charge in [0.15, 0.2) is 5.82 Å². The van der Waals surface area contributed by atoms with Crippen LogP contribution in [0.1, 0.15) is 37.9 Å². The summed E-state index contributed by atoms with van der Waals surface area (Å²) in [4.78, 5) is 52.8. The lowest BCUT2D eigenvalue weighted by Crippen LogP contribution is -2.62. The lowest BCUT2D eigenvalue weighted by Gasteiger charge is -2.44. The predicted octanol–water partition coefficient (Wildman–Crippen LogP) is 4.92. The van der Waals surface area contributed by atoms with Crippen molar-refractivity contribution in [3.8, 4) is 22.6 Å². The summed E-state index contributed by atoms with van der Waals surface area (Å²) in [5, 5.41) is 13.6. The molecule has 10 nitrogen and oxygen atoms in total. The van der Waals surface area contributed by atoms with E-state index in [1.54, 1.807) is 36.2 Å². The predicted molar refractivity (Wildman–Crippen MR) is 167 cm³/mol. The lowest BCUT2D eigenvalue weighted by molar-refractivity contribution is -0.130.